The number of anilines is 1. The van der Waals surface area contributed by atoms with Gasteiger partial charge in [0.25, 0.3) is 0 Å². The molecule has 3 aromatic rings. The van der Waals surface area contributed by atoms with Crippen molar-refractivity contribution in [1.29, 1.82) is 0 Å². The van der Waals surface area contributed by atoms with Gasteiger partial charge in [-0.15, -0.1) is 11.3 Å². The molecule has 0 radical (unpaired) electrons. The van der Waals surface area contributed by atoms with Gasteiger partial charge < -0.3 is 24.0 Å². The number of ether oxygens (including phenoxy) is 3. The van der Waals surface area contributed by atoms with Crippen LogP contribution in [0.15, 0.2) is 53.9 Å². The largest absolute Gasteiger partial charge is 0.497 e. The van der Waals surface area contributed by atoms with Crippen LogP contribution in [0.25, 0.3) is 0 Å². The predicted octanol–water partition coefficient (Wildman–Crippen LogP) is 4.37. The van der Waals surface area contributed by atoms with Crippen molar-refractivity contribution in [2.24, 2.45) is 0 Å². The Hall–Kier alpha value is -3.19. The van der Waals surface area contributed by atoms with Crippen molar-refractivity contribution in [3.8, 4) is 17.2 Å². The Labute approximate surface area is 192 Å². The Morgan fingerprint density at radius 2 is 1.72 bits per heavy atom. The molecule has 32 heavy (non-hydrogen) atoms. The van der Waals surface area contributed by atoms with E-state index >= 15 is 0 Å². The van der Waals surface area contributed by atoms with Gasteiger partial charge in [-0.05, 0) is 65.4 Å². The second-order valence-electron chi connectivity index (χ2n) is 7.67. The summed E-state index contributed by atoms with van der Waals surface area (Å²) in [4.78, 5) is 18.6. The van der Waals surface area contributed by atoms with E-state index in [1.165, 1.54) is 10.4 Å². The van der Waals surface area contributed by atoms with Crippen LogP contribution in [0.5, 0.6) is 17.2 Å². The van der Waals surface area contributed by atoms with E-state index in [9.17, 15) is 4.79 Å². The Kier molecular flexibility index (Phi) is 6.85. The lowest BCUT2D eigenvalue weighted by Gasteiger charge is -2.32. The number of hydrogen-bond acceptors (Lipinski definition) is 6. The summed E-state index contributed by atoms with van der Waals surface area (Å²) in [5.74, 6) is 2.33. The first kappa shape index (κ1) is 22.0. The maximum atomic E-state index is 13.3. The molecule has 1 aromatic heterocycles. The average molecular weight is 453 g/mol. The number of benzene rings is 2. The molecular weight excluding hydrogens is 424 g/mol. The molecular formula is C25H28N2O4S. The summed E-state index contributed by atoms with van der Waals surface area (Å²) >= 11 is 1.70. The monoisotopic (exact) mass is 452 g/mol. The SMILES string of the molecule is COc1ccc(N(CC(=O)N2CCc3cc(OC)c(OC)cc3C2)Cc2cccs2)cc1. The van der Waals surface area contributed by atoms with E-state index in [1.54, 1.807) is 32.7 Å². The lowest BCUT2D eigenvalue weighted by molar-refractivity contribution is -0.130. The Morgan fingerprint density at radius 3 is 2.34 bits per heavy atom. The molecule has 168 valence electrons. The molecule has 7 heteroatoms. The molecule has 0 saturated heterocycles. The van der Waals surface area contributed by atoms with E-state index in [-0.39, 0.29) is 5.91 Å². The third-order valence-corrected chi connectivity index (χ3v) is 6.62. The number of carbonyl (C=O) groups is 1. The Balaban J connectivity index is 1.51. The van der Waals surface area contributed by atoms with Crippen LogP contribution < -0.4 is 19.1 Å². The quantitative estimate of drug-likeness (QED) is 0.508. The van der Waals surface area contributed by atoms with Gasteiger partial charge in [0, 0.05) is 23.7 Å². The smallest absolute Gasteiger partial charge is 0.242 e. The molecule has 0 aliphatic carbocycles. The number of carbonyl (C=O) groups excluding carboxylic acids is 1. The summed E-state index contributed by atoms with van der Waals surface area (Å²) in [6, 6.07) is 16.0. The lowest BCUT2D eigenvalue weighted by atomic mass is 9.98. The van der Waals surface area contributed by atoms with Crippen molar-refractivity contribution in [1.82, 2.24) is 4.90 Å². The molecule has 0 unspecified atom stereocenters. The summed E-state index contributed by atoms with van der Waals surface area (Å²) in [5.41, 5.74) is 3.31. The minimum atomic E-state index is 0.109. The molecule has 1 aliphatic rings. The average Bonchev–Trinajstić information content (AvgIpc) is 3.35. The highest BCUT2D eigenvalue weighted by Crippen LogP contribution is 2.33. The van der Waals surface area contributed by atoms with Crippen molar-refractivity contribution >= 4 is 22.9 Å². The van der Waals surface area contributed by atoms with Crippen molar-refractivity contribution < 1.29 is 19.0 Å². The van der Waals surface area contributed by atoms with Gasteiger partial charge in [-0.25, -0.2) is 0 Å². The number of nitrogens with zero attached hydrogens (tertiary/aromatic N) is 2. The van der Waals surface area contributed by atoms with Gasteiger partial charge in [-0.3, -0.25) is 4.79 Å². The summed E-state index contributed by atoms with van der Waals surface area (Å²) in [5, 5.41) is 2.06. The molecule has 0 atom stereocenters. The fourth-order valence-electron chi connectivity index (χ4n) is 3.98. The maximum Gasteiger partial charge on any atom is 0.242 e. The maximum absolute atomic E-state index is 13.3. The minimum absolute atomic E-state index is 0.109. The number of methoxy groups -OCH3 is 3. The number of thiophene rings is 1. The first-order valence-electron chi connectivity index (χ1n) is 10.5. The van der Waals surface area contributed by atoms with Gasteiger partial charge in [0.2, 0.25) is 5.91 Å². The summed E-state index contributed by atoms with van der Waals surface area (Å²) in [7, 11) is 4.93. The molecule has 0 bridgehead atoms. The first-order valence-corrected chi connectivity index (χ1v) is 11.4. The summed E-state index contributed by atoms with van der Waals surface area (Å²) in [6.07, 6.45) is 0.800. The van der Waals surface area contributed by atoms with Gasteiger partial charge in [0.1, 0.15) is 5.75 Å². The van der Waals surface area contributed by atoms with E-state index in [2.05, 4.69) is 16.3 Å². The molecule has 0 spiro atoms. The third-order valence-electron chi connectivity index (χ3n) is 5.76. The van der Waals surface area contributed by atoms with Crippen LogP contribution in [0.4, 0.5) is 5.69 Å². The van der Waals surface area contributed by atoms with Crippen LogP contribution in [-0.2, 0) is 24.3 Å². The Morgan fingerprint density at radius 1 is 1.00 bits per heavy atom. The van der Waals surface area contributed by atoms with Crippen molar-refractivity contribution in [2.75, 3.05) is 39.3 Å². The molecule has 1 aliphatic heterocycles. The van der Waals surface area contributed by atoms with Gasteiger partial charge in [-0.1, -0.05) is 6.07 Å². The predicted molar refractivity (Wildman–Crippen MR) is 127 cm³/mol. The topological polar surface area (TPSA) is 51.2 Å². The number of rotatable bonds is 8. The van der Waals surface area contributed by atoms with Crippen LogP contribution in [-0.4, -0.2) is 45.2 Å². The van der Waals surface area contributed by atoms with Gasteiger partial charge in [-0.2, -0.15) is 0 Å². The number of hydrogen-bond donors (Lipinski definition) is 0. The molecule has 2 heterocycles. The number of fused-ring (bicyclic) bond motifs is 1. The van der Waals surface area contributed by atoms with Crippen molar-refractivity contribution in [3.63, 3.8) is 0 Å². The highest BCUT2D eigenvalue weighted by atomic mass is 32.1. The molecule has 0 fully saturated rings. The van der Waals surface area contributed by atoms with Crippen LogP contribution in [0.1, 0.15) is 16.0 Å². The minimum Gasteiger partial charge on any atom is -0.497 e. The van der Waals surface area contributed by atoms with Crippen LogP contribution in [0, 0.1) is 0 Å². The Bertz CT molecular complexity index is 1050. The second kappa shape index (κ2) is 9.96. The molecule has 4 rings (SSSR count). The molecule has 6 nitrogen and oxygen atoms in total. The lowest BCUT2D eigenvalue weighted by Crippen LogP contribution is -2.42. The van der Waals surface area contributed by atoms with Crippen LogP contribution >= 0.6 is 11.3 Å². The van der Waals surface area contributed by atoms with Crippen molar-refractivity contribution in [3.05, 3.63) is 69.9 Å². The molecule has 2 aromatic carbocycles. The van der Waals surface area contributed by atoms with E-state index in [1.807, 2.05) is 47.4 Å². The molecule has 0 N–H and O–H groups in total. The van der Waals surface area contributed by atoms with E-state index < -0.39 is 0 Å². The fraction of sp³-hybridized carbons (Fsp3) is 0.320. The zero-order valence-corrected chi connectivity index (χ0v) is 19.5. The zero-order valence-electron chi connectivity index (χ0n) is 18.7. The molecule has 0 saturated carbocycles. The van der Waals surface area contributed by atoms with Crippen LogP contribution in [0.3, 0.4) is 0 Å². The zero-order chi connectivity index (χ0) is 22.5. The van der Waals surface area contributed by atoms with Gasteiger partial charge in [0.15, 0.2) is 11.5 Å². The summed E-state index contributed by atoms with van der Waals surface area (Å²) in [6.45, 7) is 2.26. The fourth-order valence-corrected chi connectivity index (χ4v) is 4.70. The van der Waals surface area contributed by atoms with Crippen LogP contribution in [0.2, 0.25) is 0 Å². The highest BCUT2D eigenvalue weighted by Gasteiger charge is 2.24. The number of amides is 1. The van der Waals surface area contributed by atoms with Gasteiger partial charge in [0.05, 0.1) is 34.4 Å². The standard InChI is InChI=1S/C25H28N2O4S/c1-29-21-8-6-20(7-9-21)27(16-22-5-4-12-32-22)17-25(28)26-11-10-18-13-23(30-2)24(31-3)14-19(18)15-26/h4-9,12-14H,10-11,15-17H2,1-3H3. The molecule has 1 amide bonds. The highest BCUT2D eigenvalue weighted by molar-refractivity contribution is 7.09. The normalized spacial score (nSPS) is 12.8. The van der Waals surface area contributed by atoms with E-state index in [0.717, 1.165) is 29.2 Å². The first-order chi connectivity index (χ1) is 15.6. The summed E-state index contributed by atoms with van der Waals surface area (Å²) < 4.78 is 16.2. The third kappa shape index (κ3) is 4.83. The van der Waals surface area contributed by atoms with Crippen molar-refractivity contribution in [2.45, 2.75) is 19.5 Å². The van der Waals surface area contributed by atoms with E-state index in [0.29, 0.717) is 31.9 Å². The second-order valence-corrected chi connectivity index (χ2v) is 8.71. The van der Waals surface area contributed by atoms with E-state index in [4.69, 9.17) is 14.2 Å². The van der Waals surface area contributed by atoms with Gasteiger partial charge >= 0.3 is 0 Å².